The first kappa shape index (κ1) is 11.5. The number of phenols is 1. The van der Waals surface area contributed by atoms with Gasteiger partial charge >= 0.3 is 5.97 Å². The van der Waals surface area contributed by atoms with E-state index >= 15 is 0 Å². The highest BCUT2D eigenvalue weighted by atomic mass is 16.4. The highest BCUT2D eigenvalue weighted by Crippen LogP contribution is 2.10. The normalized spacial score (nSPS) is 12.3. The molecule has 0 saturated carbocycles. The topological polar surface area (TPSA) is 69.6 Å². The van der Waals surface area contributed by atoms with Gasteiger partial charge in [-0.05, 0) is 24.1 Å². The Hall–Kier alpha value is -1.55. The summed E-state index contributed by atoms with van der Waals surface area (Å²) in [7, 11) is 0. The summed E-state index contributed by atoms with van der Waals surface area (Å²) in [6.45, 7) is 2.26. The molecule has 1 unspecified atom stereocenters. The fourth-order valence-electron chi connectivity index (χ4n) is 1.31. The molecule has 4 nitrogen and oxygen atoms in total. The lowest BCUT2D eigenvalue weighted by atomic mass is 10.2. The van der Waals surface area contributed by atoms with Gasteiger partial charge in [-0.25, -0.2) is 0 Å². The van der Waals surface area contributed by atoms with E-state index in [-0.39, 0.29) is 5.75 Å². The standard InChI is InChI=1S/C11H15NO3/c1-2-10(11(14)15)12-7-8-4-3-5-9(13)6-8/h3-6,10,12-13H,2,7H2,1H3,(H,14,15). The molecule has 0 aliphatic rings. The maximum absolute atomic E-state index is 10.7. The number of aromatic hydroxyl groups is 1. The molecule has 1 aromatic rings. The van der Waals surface area contributed by atoms with E-state index in [0.29, 0.717) is 13.0 Å². The van der Waals surface area contributed by atoms with Crippen molar-refractivity contribution in [2.45, 2.75) is 25.9 Å². The minimum atomic E-state index is -0.849. The maximum Gasteiger partial charge on any atom is 0.320 e. The minimum Gasteiger partial charge on any atom is -0.508 e. The van der Waals surface area contributed by atoms with E-state index in [2.05, 4.69) is 5.32 Å². The van der Waals surface area contributed by atoms with Crippen molar-refractivity contribution >= 4 is 5.97 Å². The van der Waals surface area contributed by atoms with Gasteiger partial charge in [-0.2, -0.15) is 0 Å². The number of benzene rings is 1. The number of nitrogens with one attached hydrogen (secondary N) is 1. The SMILES string of the molecule is CCC(NCc1cccc(O)c1)C(=O)O. The van der Waals surface area contributed by atoms with Crippen LogP contribution in [0.3, 0.4) is 0 Å². The van der Waals surface area contributed by atoms with Crippen molar-refractivity contribution in [2.24, 2.45) is 0 Å². The Morgan fingerprint density at radius 3 is 2.80 bits per heavy atom. The first-order valence-corrected chi connectivity index (χ1v) is 4.87. The Labute approximate surface area is 88.6 Å². The molecule has 0 heterocycles. The molecular formula is C11H15NO3. The van der Waals surface area contributed by atoms with Crippen molar-refractivity contribution in [3.05, 3.63) is 29.8 Å². The number of carboxylic acids is 1. The van der Waals surface area contributed by atoms with E-state index in [1.54, 1.807) is 18.2 Å². The predicted molar refractivity (Wildman–Crippen MR) is 56.7 cm³/mol. The molecule has 0 aromatic heterocycles. The van der Waals surface area contributed by atoms with Crippen LogP contribution >= 0.6 is 0 Å². The summed E-state index contributed by atoms with van der Waals surface area (Å²) in [5.41, 5.74) is 0.870. The van der Waals surface area contributed by atoms with Crippen LogP contribution in [-0.4, -0.2) is 22.2 Å². The first-order valence-electron chi connectivity index (χ1n) is 4.87. The highest BCUT2D eigenvalue weighted by molar-refractivity contribution is 5.73. The van der Waals surface area contributed by atoms with Gasteiger partial charge in [-0.1, -0.05) is 19.1 Å². The molecule has 4 heteroatoms. The number of carbonyl (C=O) groups is 1. The van der Waals surface area contributed by atoms with Crippen LogP contribution in [0.4, 0.5) is 0 Å². The van der Waals surface area contributed by atoms with E-state index < -0.39 is 12.0 Å². The molecule has 1 aromatic carbocycles. The van der Waals surface area contributed by atoms with Crippen LogP contribution < -0.4 is 5.32 Å². The average Bonchev–Trinajstić information content (AvgIpc) is 2.18. The molecule has 0 radical (unpaired) electrons. The Morgan fingerprint density at radius 1 is 1.53 bits per heavy atom. The number of aliphatic carboxylic acids is 1. The molecular weight excluding hydrogens is 194 g/mol. The smallest absolute Gasteiger partial charge is 0.320 e. The molecule has 0 bridgehead atoms. The summed E-state index contributed by atoms with van der Waals surface area (Å²) in [6.07, 6.45) is 0.536. The third kappa shape index (κ3) is 3.59. The van der Waals surface area contributed by atoms with Gasteiger partial charge in [-0.15, -0.1) is 0 Å². The second kappa shape index (κ2) is 5.36. The molecule has 0 spiro atoms. The third-order valence-electron chi connectivity index (χ3n) is 2.17. The fraction of sp³-hybridized carbons (Fsp3) is 0.364. The van der Waals surface area contributed by atoms with Crippen LogP contribution in [0.1, 0.15) is 18.9 Å². The van der Waals surface area contributed by atoms with Crippen molar-refractivity contribution in [1.29, 1.82) is 0 Å². The van der Waals surface area contributed by atoms with E-state index in [9.17, 15) is 9.90 Å². The molecule has 82 valence electrons. The Balaban J connectivity index is 2.52. The van der Waals surface area contributed by atoms with E-state index in [1.165, 1.54) is 0 Å². The second-order valence-electron chi connectivity index (χ2n) is 3.35. The zero-order valence-corrected chi connectivity index (χ0v) is 8.60. The fourth-order valence-corrected chi connectivity index (χ4v) is 1.31. The molecule has 15 heavy (non-hydrogen) atoms. The summed E-state index contributed by atoms with van der Waals surface area (Å²) in [4.78, 5) is 10.7. The van der Waals surface area contributed by atoms with Gasteiger partial charge in [0, 0.05) is 6.54 Å². The summed E-state index contributed by atoms with van der Waals surface area (Å²) in [6, 6.07) is 6.22. The lowest BCUT2D eigenvalue weighted by Gasteiger charge is -2.11. The van der Waals surface area contributed by atoms with Crippen LogP contribution in [0.5, 0.6) is 5.75 Å². The number of rotatable bonds is 5. The summed E-state index contributed by atoms with van der Waals surface area (Å²) in [5, 5.41) is 20.9. The number of hydrogen-bond acceptors (Lipinski definition) is 3. The highest BCUT2D eigenvalue weighted by Gasteiger charge is 2.13. The zero-order chi connectivity index (χ0) is 11.3. The summed E-state index contributed by atoms with van der Waals surface area (Å²) >= 11 is 0. The molecule has 3 N–H and O–H groups in total. The van der Waals surface area contributed by atoms with Crippen molar-refractivity contribution < 1.29 is 15.0 Å². The molecule has 0 amide bonds. The van der Waals surface area contributed by atoms with Crippen molar-refractivity contribution in [2.75, 3.05) is 0 Å². The van der Waals surface area contributed by atoms with E-state index in [0.717, 1.165) is 5.56 Å². The Morgan fingerprint density at radius 2 is 2.27 bits per heavy atom. The zero-order valence-electron chi connectivity index (χ0n) is 8.60. The average molecular weight is 209 g/mol. The van der Waals surface area contributed by atoms with Gasteiger partial charge < -0.3 is 15.5 Å². The monoisotopic (exact) mass is 209 g/mol. The van der Waals surface area contributed by atoms with Gasteiger partial charge in [0.05, 0.1) is 0 Å². The molecule has 1 atom stereocenters. The molecule has 0 aliphatic carbocycles. The second-order valence-corrected chi connectivity index (χ2v) is 3.35. The van der Waals surface area contributed by atoms with Crippen LogP contribution in [0, 0.1) is 0 Å². The van der Waals surface area contributed by atoms with Crippen LogP contribution in [0.25, 0.3) is 0 Å². The van der Waals surface area contributed by atoms with Gasteiger partial charge in [-0.3, -0.25) is 4.79 Å². The van der Waals surface area contributed by atoms with Gasteiger partial charge in [0.1, 0.15) is 11.8 Å². The molecule has 0 aliphatic heterocycles. The molecule has 1 rings (SSSR count). The van der Waals surface area contributed by atoms with Crippen LogP contribution in [0.2, 0.25) is 0 Å². The number of carboxylic acid groups (broad SMARTS) is 1. The molecule has 0 saturated heterocycles. The lowest BCUT2D eigenvalue weighted by molar-refractivity contribution is -0.139. The Kier molecular flexibility index (Phi) is 4.12. The minimum absolute atomic E-state index is 0.192. The summed E-state index contributed by atoms with van der Waals surface area (Å²) in [5.74, 6) is -0.657. The number of hydrogen-bond donors (Lipinski definition) is 3. The van der Waals surface area contributed by atoms with Crippen molar-refractivity contribution in [3.8, 4) is 5.75 Å². The van der Waals surface area contributed by atoms with Crippen LogP contribution in [-0.2, 0) is 11.3 Å². The lowest BCUT2D eigenvalue weighted by Crippen LogP contribution is -2.35. The summed E-state index contributed by atoms with van der Waals surface area (Å²) < 4.78 is 0. The van der Waals surface area contributed by atoms with E-state index in [1.807, 2.05) is 13.0 Å². The molecule has 0 fully saturated rings. The van der Waals surface area contributed by atoms with Gasteiger partial charge in [0.15, 0.2) is 0 Å². The predicted octanol–water partition coefficient (Wildman–Crippen LogP) is 1.34. The number of phenolic OH excluding ortho intramolecular Hbond substituents is 1. The van der Waals surface area contributed by atoms with Crippen molar-refractivity contribution in [1.82, 2.24) is 5.32 Å². The Bertz CT molecular complexity index is 338. The maximum atomic E-state index is 10.7. The largest absolute Gasteiger partial charge is 0.508 e. The van der Waals surface area contributed by atoms with Gasteiger partial charge in [0.2, 0.25) is 0 Å². The quantitative estimate of drug-likeness (QED) is 0.684. The van der Waals surface area contributed by atoms with Crippen LogP contribution in [0.15, 0.2) is 24.3 Å². The van der Waals surface area contributed by atoms with Crippen molar-refractivity contribution in [3.63, 3.8) is 0 Å². The van der Waals surface area contributed by atoms with Gasteiger partial charge in [0.25, 0.3) is 0 Å². The van der Waals surface area contributed by atoms with E-state index in [4.69, 9.17) is 5.11 Å². The first-order chi connectivity index (χ1) is 7.13. The third-order valence-corrected chi connectivity index (χ3v) is 2.17.